The zero-order valence-electron chi connectivity index (χ0n) is 29.3. The summed E-state index contributed by atoms with van der Waals surface area (Å²) in [7, 11) is 1.52. The van der Waals surface area contributed by atoms with Crippen molar-refractivity contribution in [3.05, 3.63) is 29.8 Å². The van der Waals surface area contributed by atoms with Gasteiger partial charge in [-0.25, -0.2) is 4.79 Å². The molecule has 0 aliphatic carbocycles. The number of likely N-dealkylation sites (tertiary alicyclic amines) is 2. The van der Waals surface area contributed by atoms with Gasteiger partial charge in [-0.2, -0.15) is 10.5 Å². The third kappa shape index (κ3) is 12.1. The van der Waals surface area contributed by atoms with Crippen LogP contribution in [-0.4, -0.2) is 107 Å². The van der Waals surface area contributed by atoms with E-state index < -0.39 is 11.7 Å². The molecule has 12 nitrogen and oxygen atoms in total. The molecule has 2 aliphatic rings. The average Bonchev–Trinajstić information content (AvgIpc) is 3.69. The molecule has 2 aliphatic heterocycles. The number of amides is 4. The number of benzene rings is 1. The van der Waals surface area contributed by atoms with Crippen molar-refractivity contribution < 1.29 is 28.7 Å². The summed E-state index contributed by atoms with van der Waals surface area (Å²) in [6, 6.07) is 10.6. The molecule has 258 valence electrons. The Morgan fingerprint density at radius 3 is 1.77 bits per heavy atom. The first kappa shape index (κ1) is 38.9. The van der Waals surface area contributed by atoms with E-state index in [0.717, 1.165) is 12.8 Å². The normalized spacial score (nSPS) is 17.4. The number of hydrogen-bond acceptors (Lipinski definition) is 8. The standard InChI is InChI=1S/C19H25N3O3.C16H27N3O3/c1-14(2)12-21(13-18(23)22-10-6-7-15(22)11-20)19(24)16-8-4-5-9-17(16)25-3;1-12(2)10-18(15(21)22-16(3,4)5)11-14(20)19-8-6-7-13(19)9-17/h4-5,8-9,14-15H,6-7,10,12-13H2,1-3H3;12-13H,6-8,10-11H2,1-5H3/t15-;13-/m00/s1. The topological polar surface area (TPSA) is 147 Å². The zero-order valence-corrected chi connectivity index (χ0v) is 29.3. The fourth-order valence-corrected chi connectivity index (χ4v) is 5.53. The maximum atomic E-state index is 13.0. The summed E-state index contributed by atoms with van der Waals surface area (Å²) in [6.45, 7) is 15.4. The van der Waals surface area contributed by atoms with Crippen LogP contribution in [0.25, 0.3) is 0 Å². The van der Waals surface area contributed by atoms with Gasteiger partial charge in [0, 0.05) is 26.2 Å². The highest BCUT2D eigenvalue weighted by molar-refractivity contribution is 5.99. The lowest BCUT2D eigenvalue weighted by molar-refractivity contribution is -0.133. The smallest absolute Gasteiger partial charge is 0.410 e. The van der Waals surface area contributed by atoms with Gasteiger partial charge in [-0.05, 0) is 70.4 Å². The third-order valence-corrected chi connectivity index (χ3v) is 7.54. The lowest BCUT2D eigenvalue weighted by Crippen LogP contribution is -2.47. The fourth-order valence-electron chi connectivity index (χ4n) is 5.53. The maximum absolute atomic E-state index is 13.0. The van der Waals surface area contributed by atoms with Crippen molar-refractivity contribution >= 4 is 23.8 Å². The number of hydrogen-bond donors (Lipinski definition) is 0. The van der Waals surface area contributed by atoms with E-state index in [-0.39, 0.29) is 54.7 Å². The molecule has 2 heterocycles. The number of methoxy groups -OCH3 is 1. The van der Waals surface area contributed by atoms with Crippen LogP contribution >= 0.6 is 0 Å². The molecular formula is C35H52N6O6. The minimum atomic E-state index is -0.599. The first-order chi connectivity index (χ1) is 22.1. The van der Waals surface area contributed by atoms with E-state index in [1.165, 1.54) is 12.0 Å². The van der Waals surface area contributed by atoms with Crippen LogP contribution in [0.3, 0.4) is 0 Å². The number of nitriles is 2. The monoisotopic (exact) mass is 652 g/mol. The predicted octanol–water partition coefficient (Wildman–Crippen LogP) is 4.70. The second-order valence-corrected chi connectivity index (χ2v) is 13.8. The number of rotatable bonds is 10. The summed E-state index contributed by atoms with van der Waals surface area (Å²) in [5.74, 6) is 0.350. The maximum Gasteiger partial charge on any atom is 0.410 e. The van der Waals surface area contributed by atoms with Crippen LogP contribution in [0.4, 0.5) is 4.79 Å². The van der Waals surface area contributed by atoms with Gasteiger partial charge in [0.05, 0.1) is 24.8 Å². The van der Waals surface area contributed by atoms with Crippen molar-refractivity contribution in [3.63, 3.8) is 0 Å². The molecule has 4 amide bonds. The van der Waals surface area contributed by atoms with Crippen LogP contribution in [0.2, 0.25) is 0 Å². The van der Waals surface area contributed by atoms with Crippen molar-refractivity contribution in [1.29, 1.82) is 10.5 Å². The molecule has 3 rings (SSSR count). The number of carbonyl (C=O) groups excluding carboxylic acids is 4. The molecule has 47 heavy (non-hydrogen) atoms. The lowest BCUT2D eigenvalue weighted by atomic mass is 10.1. The average molecular weight is 653 g/mol. The molecule has 0 N–H and O–H groups in total. The van der Waals surface area contributed by atoms with E-state index >= 15 is 0 Å². The summed E-state index contributed by atoms with van der Waals surface area (Å²) in [4.78, 5) is 56.4. The van der Waals surface area contributed by atoms with Crippen LogP contribution in [0, 0.1) is 34.5 Å². The quantitative estimate of drug-likeness (QED) is 0.353. The van der Waals surface area contributed by atoms with Crippen molar-refractivity contribution in [2.45, 2.75) is 91.8 Å². The summed E-state index contributed by atoms with van der Waals surface area (Å²) < 4.78 is 10.6. The predicted molar refractivity (Wildman–Crippen MR) is 177 cm³/mol. The van der Waals surface area contributed by atoms with E-state index in [9.17, 15) is 24.4 Å². The van der Waals surface area contributed by atoms with E-state index in [1.54, 1.807) is 59.7 Å². The van der Waals surface area contributed by atoms with Gasteiger partial charge in [0.2, 0.25) is 11.8 Å². The largest absolute Gasteiger partial charge is 0.496 e. The number of carbonyl (C=O) groups is 4. The van der Waals surface area contributed by atoms with E-state index in [0.29, 0.717) is 50.3 Å². The Balaban J connectivity index is 0.000000330. The van der Waals surface area contributed by atoms with Gasteiger partial charge >= 0.3 is 6.09 Å². The second-order valence-electron chi connectivity index (χ2n) is 13.8. The van der Waals surface area contributed by atoms with Crippen LogP contribution in [0.1, 0.15) is 84.5 Å². The minimum Gasteiger partial charge on any atom is -0.496 e. The molecular weight excluding hydrogens is 600 g/mol. The minimum absolute atomic E-state index is 0.0206. The van der Waals surface area contributed by atoms with Crippen molar-refractivity contribution in [1.82, 2.24) is 19.6 Å². The van der Waals surface area contributed by atoms with Crippen LogP contribution < -0.4 is 4.74 Å². The van der Waals surface area contributed by atoms with Crippen LogP contribution in [-0.2, 0) is 14.3 Å². The molecule has 0 radical (unpaired) electrons. The summed E-state index contributed by atoms with van der Waals surface area (Å²) in [5, 5.41) is 18.3. The Hall–Kier alpha value is -4.32. The zero-order chi connectivity index (χ0) is 35.3. The van der Waals surface area contributed by atoms with Gasteiger partial charge in [0.1, 0.15) is 36.5 Å². The fraction of sp³-hybridized carbons (Fsp3) is 0.657. The van der Waals surface area contributed by atoms with Gasteiger partial charge in [0.15, 0.2) is 0 Å². The molecule has 0 spiro atoms. The highest BCUT2D eigenvalue weighted by atomic mass is 16.6. The molecule has 1 aromatic rings. The number of para-hydroxylation sites is 1. The Morgan fingerprint density at radius 1 is 0.851 bits per heavy atom. The Labute approximate surface area is 280 Å². The molecule has 0 saturated carbocycles. The highest BCUT2D eigenvalue weighted by Crippen LogP contribution is 2.22. The van der Waals surface area contributed by atoms with Gasteiger partial charge < -0.3 is 24.2 Å². The van der Waals surface area contributed by atoms with E-state index in [1.807, 2.05) is 27.7 Å². The summed E-state index contributed by atoms with van der Waals surface area (Å²) in [5.41, 5.74) is -0.158. The van der Waals surface area contributed by atoms with E-state index in [4.69, 9.17) is 14.7 Å². The molecule has 2 saturated heterocycles. The third-order valence-electron chi connectivity index (χ3n) is 7.54. The van der Waals surface area contributed by atoms with Crippen molar-refractivity contribution in [3.8, 4) is 17.9 Å². The molecule has 0 bridgehead atoms. The summed E-state index contributed by atoms with van der Waals surface area (Å²) >= 11 is 0. The van der Waals surface area contributed by atoms with Gasteiger partial charge in [-0.3, -0.25) is 19.3 Å². The van der Waals surface area contributed by atoms with Crippen molar-refractivity contribution in [2.75, 3.05) is 46.4 Å². The van der Waals surface area contributed by atoms with Gasteiger partial charge in [-0.15, -0.1) is 0 Å². The molecule has 0 aromatic heterocycles. The van der Waals surface area contributed by atoms with Gasteiger partial charge in [0.25, 0.3) is 5.91 Å². The highest BCUT2D eigenvalue weighted by Gasteiger charge is 2.33. The molecule has 1 aromatic carbocycles. The van der Waals surface area contributed by atoms with E-state index in [2.05, 4.69) is 12.1 Å². The first-order valence-electron chi connectivity index (χ1n) is 16.4. The summed E-state index contributed by atoms with van der Waals surface area (Å²) in [6.07, 6.45) is 2.59. The first-order valence-corrected chi connectivity index (χ1v) is 16.4. The lowest BCUT2D eigenvalue weighted by Gasteiger charge is -2.30. The number of ether oxygens (including phenoxy) is 2. The van der Waals surface area contributed by atoms with Crippen molar-refractivity contribution in [2.24, 2.45) is 11.8 Å². The van der Waals surface area contributed by atoms with Gasteiger partial charge in [-0.1, -0.05) is 39.8 Å². The molecule has 0 unspecified atom stereocenters. The second kappa shape index (κ2) is 18.1. The Kier molecular flexibility index (Phi) is 15.0. The van der Waals surface area contributed by atoms with Crippen LogP contribution in [0.15, 0.2) is 24.3 Å². The molecule has 2 fully saturated rings. The number of nitrogens with zero attached hydrogens (tertiary/aromatic N) is 6. The van der Waals surface area contributed by atoms with Crippen LogP contribution in [0.5, 0.6) is 5.75 Å². The molecule has 12 heteroatoms. The Morgan fingerprint density at radius 2 is 1.32 bits per heavy atom. The SMILES string of the molecule is CC(C)CN(CC(=O)N1CCC[C@H]1C#N)C(=O)OC(C)(C)C.COc1ccccc1C(=O)N(CC(=O)N1CCC[C@H]1C#N)CC(C)C. The molecule has 2 atom stereocenters. The Bertz CT molecular complexity index is 1310.